The molecule has 0 atom stereocenters. The molecule has 0 spiro atoms. The third kappa shape index (κ3) is 5.51. The summed E-state index contributed by atoms with van der Waals surface area (Å²) in [6.45, 7) is 0. The zero-order valence-corrected chi connectivity index (χ0v) is 17.0. The van der Waals surface area contributed by atoms with Crippen molar-refractivity contribution in [2.45, 2.75) is 0 Å². The van der Waals surface area contributed by atoms with E-state index < -0.39 is 0 Å². The van der Waals surface area contributed by atoms with E-state index in [1.165, 1.54) is 0 Å². The number of hydrogen-bond donors (Lipinski definition) is 4. The van der Waals surface area contributed by atoms with E-state index in [1.807, 2.05) is 60.7 Å². The third-order valence-electron chi connectivity index (χ3n) is 3.73. The Bertz CT molecular complexity index is 769. The zero-order chi connectivity index (χ0) is 15.7. The Morgan fingerprint density at radius 3 is 0.885 bits per heavy atom. The predicted octanol–water partition coefficient (Wildman–Crippen LogP) is 5.04. The average molecular weight is 436 g/mol. The summed E-state index contributed by atoms with van der Waals surface area (Å²) in [6.07, 6.45) is 0. The van der Waals surface area contributed by atoms with E-state index in [-0.39, 0.29) is 49.6 Å². The molecule has 8 heteroatoms. The van der Waals surface area contributed by atoms with Gasteiger partial charge < -0.3 is 22.9 Å². The van der Waals surface area contributed by atoms with Crippen LogP contribution in [0.1, 0.15) is 0 Å². The van der Waals surface area contributed by atoms with Crippen molar-refractivity contribution in [3.05, 3.63) is 60.7 Å². The Morgan fingerprint density at radius 2 is 0.615 bits per heavy atom. The van der Waals surface area contributed by atoms with E-state index in [4.69, 9.17) is 22.9 Å². The van der Waals surface area contributed by atoms with Crippen LogP contribution in [-0.4, -0.2) is 0 Å². The summed E-state index contributed by atoms with van der Waals surface area (Å²) in [5, 5.41) is 0. The maximum atomic E-state index is 5.86. The second kappa shape index (κ2) is 10.9. The lowest BCUT2D eigenvalue weighted by molar-refractivity contribution is 1.58. The summed E-state index contributed by atoms with van der Waals surface area (Å²) in [7, 11) is 0. The lowest BCUT2D eigenvalue weighted by Crippen LogP contribution is -1.94. The molecule has 4 nitrogen and oxygen atoms in total. The fraction of sp³-hybridized carbons (Fsp3) is 0. The van der Waals surface area contributed by atoms with Crippen molar-refractivity contribution in [3.63, 3.8) is 0 Å². The van der Waals surface area contributed by atoms with Crippen molar-refractivity contribution in [2.75, 3.05) is 22.9 Å². The first-order valence-corrected chi connectivity index (χ1v) is 6.95. The predicted molar refractivity (Wildman–Crippen MR) is 124 cm³/mol. The van der Waals surface area contributed by atoms with E-state index in [0.29, 0.717) is 22.7 Å². The molecular weight excluding hydrogens is 414 g/mol. The molecule has 3 aromatic rings. The largest absolute Gasteiger partial charge is 0.397 e. The fourth-order valence-electron chi connectivity index (χ4n) is 2.36. The minimum atomic E-state index is 0. The lowest BCUT2D eigenvalue weighted by atomic mass is 9.99. The van der Waals surface area contributed by atoms with Crippen LogP contribution < -0.4 is 22.9 Å². The van der Waals surface area contributed by atoms with Crippen LogP contribution in [0.25, 0.3) is 22.3 Å². The van der Waals surface area contributed by atoms with Gasteiger partial charge in [-0.15, -0.1) is 49.6 Å². The minimum Gasteiger partial charge on any atom is -0.397 e. The van der Waals surface area contributed by atoms with Gasteiger partial charge in [-0.3, -0.25) is 0 Å². The Kier molecular flexibility index (Phi) is 11.0. The maximum Gasteiger partial charge on any atom is 0.0554 e. The van der Waals surface area contributed by atoms with Crippen LogP contribution in [0, 0.1) is 0 Å². The Labute approximate surface area is 178 Å². The van der Waals surface area contributed by atoms with Gasteiger partial charge in [0.2, 0.25) is 0 Å². The van der Waals surface area contributed by atoms with Crippen LogP contribution in [0.3, 0.4) is 0 Å². The number of nitrogen functional groups attached to an aromatic ring is 4. The second-order valence-corrected chi connectivity index (χ2v) is 5.26. The minimum absolute atomic E-state index is 0. The average Bonchev–Trinajstić information content (AvgIpc) is 2.53. The van der Waals surface area contributed by atoms with Gasteiger partial charge in [0.15, 0.2) is 0 Å². The molecule has 0 radical (unpaired) electrons. The highest BCUT2D eigenvalue weighted by molar-refractivity contribution is 5.86. The summed E-state index contributed by atoms with van der Waals surface area (Å²) in [4.78, 5) is 0. The molecule has 0 aromatic heterocycles. The van der Waals surface area contributed by atoms with Crippen LogP contribution in [-0.2, 0) is 0 Å². The first-order chi connectivity index (χ1) is 10.5. The molecule has 0 bridgehead atoms. The first kappa shape index (κ1) is 26.3. The molecule has 0 fully saturated rings. The quantitative estimate of drug-likeness (QED) is 0.423. The van der Waals surface area contributed by atoms with Crippen molar-refractivity contribution >= 4 is 72.4 Å². The van der Waals surface area contributed by atoms with Gasteiger partial charge >= 0.3 is 0 Å². The van der Waals surface area contributed by atoms with Gasteiger partial charge in [-0.2, -0.15) is 0 Å². The number of benzene rings is 3. The molecule has 26 heavy (non-hydrogen) atoms. The number of hydrogen-bond acceptors (Lipinski definition) is 4. The number of rotatable bonds is 2. The van der Waals surface area contributed by atoms with Gasteiger partial charge in [0.25, 0.3) is 0 Å². The van der Waals surface area contributed by atoms with E-state index in [1.54, 1.807) is 0 Å². The van der Waals surface area contributed by atoms with Gasteiger partial charge in [-0.05, 0) is 46.5 Å². The van der Waals surface area contributed by atoms with Gasteiger partial charge in [0.05, 0.1) is 22.7 Å². The molecule has 0 aliphatic carbocycles. The Morgan fingerprint density at radius 1 is 0.346 bits per heavy atom. The topological polar surface area (TPSA) is 104 Å². The van der Waals surface area contributed by atoms with E-state index in [0.717, 1.165) is 22.3 Å². The molecule has 3 rings (SSSR count). The second-order valence-electron chi connectivity index (χ2n) is 5.26. The highest BCUT2D eigenvalue weighted by atomic mass is 35.5. The Hall–Kier alpha value is -1.98. The van der Waals surface area contributed by atoms with E-state index in [9.17, 15) is 0 Å². The molecule has 0 aliphatic heterocycles. The highest BCUT2D eigenvalue weighted by Gasteiger charge is 2.04. The first-order valence-electron chi connectivity index (χ1n) is 6.95. The van der Waals surface area contributed by atoms with Crippen LogP contribution in [0.15, 0.2) is 60.7 Å². The molecule has 0 unspecified atom stereocenters. The normalized spacial score (nSPS) is 8.92. The van der Waals surface area contributed by atoms with Gasteiger partial charge in [0.1, 0.15) is 0 Å². The molecule has 0 aliphatic rings. The van der Waals surface area contributed by atoms with Crippen LogP contribution in [0.5, 0.6) is 0 Å². The van der Waals surface area contributed by atoms with Crippen LogP contribution in [0.2, 0.25) is 0 Å². The van der Waals surface area contributed by atoms with Crippen molar-refractivity contribution in [3.8, 4) is 22.3 Å². The van der Waals surface area contributed by atoms with Gasteiger partial charge in [0, 0.05) is 0 Å². The number of nitrogens with two attached hydrogens (primary N) is 4. The summed E-state index contributed by atoms with van der Waals surface area (Å²) in [5.74, 6) is 0. The van der Waals surface area contributed by atoms with E-state index >= 15 is 0 Å². The molecule has 142 valence electrons. The van der Waals surface area contributed by atoms with Crippen molar-refractivity contribution in [1.29, 1.82) is 0 Å². The van der Waals surface area contributed by atoms with Crippen molar-refractivity contribution < 1.29 is 0 Å². The molecule has 0 saturated carbocycles. The number of halogens is 4. The van der Waals surface area contributed by atoms with Crippen LogP contribution >= 0.6 is 49.6 Å². The van der Waals surface area contributed by atoms with Gasteiger partial charge in [-0.25, -0.2) is 0 Å². The summed E-state index contributed by atoms with van der Waals surface area (Å²) in [5.41, 5.74) is 29.8. The summed E-state index contributed by atoms with van der Waals surface area (Å²) >= 11 is 0. The fourth-order valence-corrected chi connectivity index (χ4v) is 2.36. The molecule has 0 saturated heterocycles. The molecule has 0 heterocycles. The van der Waals surface area contributed by atoms with Crippen LogP contribution in [0.4, 0.5) is 22.7 Å². The van der Waals surface area contributed by atoms with Gasteiger partial charge in [-0.1, -0.05) is 36.4 Å². The van der Waals surface area contributed by atoms with Crippen molar-refractivity contribution in [2.24, 2.45) is 0 Å². The third-order valence-corrected chi connectivity index (χ3v) is 3.73. The lowest BCUT2D eigenvalue weighted by Gasteiger charge is -2.08. The summed E-state index contributed by atoms with van der Waals surface area (Å²) in [6, 6.07) is 19.5. The smallest absolute Gasteiger partial charge is 0.0554 e. The molecular formula is C18H22Cl4N4. The standard InChI is InChI=1S/C18H18N4.4ClH/c19-15-7-5-13(9-17(15)21)11-1-2-12(4-3-11)14-6-8-16(20)18(22)10-14;;;;/h1-10H,19-22H2;4*1H. The molecule has 8 N–H and O–H groups in total. The van der Waals surface area contributed by atoms with Crippen molar-refractivity contribution in [1.82, 2.24) is 0 Å². The zero-order valence-electron chi connectivity index (χ0n) is 13.7. The monoisotopic (exact) mass is 434 g/mol. The molecule has 3 aromatic carbocycles. The number of anilines is 4. The SMILES string of the molecule is Cl.Cl.Cl.Cl.Nc1ccc(-c2ccc(-c3ccc(N)c(N)c3)cc2)cc1N. The summed E-state index contributed by atoms with van der Waals surface area (Å²) < 4.78 is 0. The van der Waals surface area contributed by atoms with E-state index in [2.05, 4.69) is 0 Å². The Balaban J connectivity index is 0. The highest BCUT2D eigenvalue weighted by Crippen LogP contribution is 2.29. The maximum absolute atomic E-state index is 5.86. The molecule has 0 amide bonds.